The van der Waals surface area contributed by atoms with E-state index in [0.29, 0.717) is 13.2 Å². The molecule has 0 aliphatic heterocycles. The van der Waals surface area contributed by atoms with Crippen molar-refractivity contribution in [2.45, 2.75) is 19.7 Å². The van der Waals surface area contributed by atoms with E-state index in [1.54, 1.807) is 20.4 Å². The van der Waals surface area contributed by atoms with Crippen molar-refractivity contribution < 1.29 is 9.47 Å². The van der Waals surface area contributed by atoms with Crippen molar-refractivity contribution in [2.24, 2.45) is 4.99 Å². The van der Waals surface area contributed by atoms with Crippen molar-refractivity contribution >= 4 is 5.96 Å². The molecule has 1 heterocycles. The molecule has 0 spiro atoms. The van der Waals surface area contributed by atoms with Gasteiger partial charge in [-0.2, -0.15) is 0 Å². The number of rotatable bonds is 8. The molecule has 6 nitrogen and oxygen atoms in total. The van der Waals surface area contributed by atoms with E-state index in [1.165, 1.54) is 5.56 Å². The Balaban J connectivity index is 1.48. The third-order valence-corrected chi connectivity index (χ3v) is 4.64. The van der Waals surface area contributed by atoms with E-state index in [2.05, 4.69) is 44.5 Å². The fraction of sp³-hybridized carbons (Fsp3) is 0.250. The Morgan fingerprint density at radius 2 is 1.67 bits per heavy atom. The molecule has 0 atom stereocenters. The van der Waals surface area contributed by atoms with Crippen molar-refractivity contribution in [1.82, 2.24) is 15.2 Å². The molecule has 0 saturated heterocycles. The smallest absolute Gasteiger partial charge is 0.193 e. The first-order valence-electron chi connectivity index (χ1n) is 9.84. The van der Waals surface area contributed by atoms with Crippen LogP contribution in [0.1, 0.15) is 16.8 Å². The Morgan fingerprint density at radius 3 is 2.30 bits per heavy atom. The molecule has 0 bridgehead atoms. The van der Waals surface area contributed by atoms with Gasteiger partial charge in [-0.15, -0.1) is 0 Å². The van der Waals surface area contributed by atoms with Crippen LogP contribution in [0.25, 0.3) is 0 Å². The maximum atomic E-state index is 5.79. The van der Waals surface area contributed by atoms with E-state index < -0.39 is 0 Å². The Morgan fingerprint density at radius 1 is 0.967 bits per heavy atom. The number of pyridine rings is 1. The zero-order chi connectivity index (χ0) is 21.2. The molecule has 1 aromatic heterocycles. The summed E-state index contributed by atoms with van der Waals surface area (Å²) in [7, 11) is 5.49. The minimum absolute atomic E-state index is 0.460. The minimum atomic E-state index is 0.460. The van der Waals surface area contributed by atoms with Crippen molar-refractivity contribution in [3.8, 4) is 11.5 Å². The van der Waals surface area contributed by atoms with Crippen LogP contribution in [0.4, 0.5) is 0 Å². The van der Waals surface area contributed by atoms with Gasteiger partial charge in [-0.1, -0.05) is 30.3 Å². The number of hydrogen-bond donors (Lipinski definition) is 1. The first-order chi connectivity index (χ1) is 14.7. The number of nitrogens with zero attached hydrogens (tertiary/aromatic N) is 3. The second-order valence-electron chi connectivity index (χ2n) is 6.86. The van der Waals surface area contributed by atoms with E-state index in [1.807, 2.05) is 49.5 Å². The third kappa shape index (κ3) is 6.24. The van der Waals surface area contributed by atoms with E-state index >= 15 is 0 Å². The molecule has 3 aromatic rings. The van der Waals surface area contributed by atoms with Crippen LogP contribution in [-0.2, 0) is 19.7 Å². The lowest BCUT2D eigenvalue weighted by molar-refractivity contribution is 0.301. The van der Waals surface area contributed by atoms with E-state index in [0.717, 1.165) is 35.3 Å². The highest BCUT2D eigenvalue weighted by Gasteiger charge is 2.07. The minimum Gasteiger partial charge on any atom is -0.497 e. The summed E-state index contributed by atoms with van der Waals surface area (Å²) in [5, 5.41) is 3.41. The lowest BCUT2D eigenvalue weighted by Crippen LogP contribution is -2.38. The standard InChI is InChI=1S/C24H28N4O2/c1-25-24(28(2)17-20-9-11-22(29-3)12-10-20)27-16-19-7-13-23(14-8-19)30-18-21-6-4-5-15-26-21/h4-15H,16-18H2,1-3H3,(H,25,27). The van der Waals surface area contributed by atoms with Crippen LogP contribution < -0.4 is 14.8 Å². The Bertz CT molecular complexity index is 926. The van der Waals surface area contributed by atoms with Gasteiger partial charge in [0.1, 0.15) is 18.1 Å². The Labute approximate surface area is 178 Å². The summed E-state index contributed by atoms with van der Waals surface area (Å²) in [4.78, 5) is 10.7. The van der Waals surface area contributed by atoms with Crippen molar-refractivity contribution in [2.75, 3.05) is 21.2 Å². The zero-order valence-corrected chi connectivity index (χ0v) is 17.7. The molecule has 3 rings (SSSR count). The molecule has 1 N–H and O–H groups in total. The average molecular weight is 405 g/mol. The second kappa shape index (κ2) is 10.9. The Kier molecular flexibility index (Phi) is 7.66. The monoisotopic (exact) mass is 404 g/mol. The summed E-state index contributed by atoms with van der Waals surface area (Å²) < 4.78 is 11.0. The largest absolute Gasteiger partial charge is 0.497 e. The quantitative estimate of drug-likeness (QED) is 0.456. The van der Waals surface area contributed by atoms with Crippen LogP contribution >= 0.6 is 0 Å². The molecule has 6 heteroatoms. The summed E-state index contributed by atoms with van der Waals surface area (Å²) in [6.45, 7) is 1.89. The van der Waals surface area contributed by atoms with Gasteiger partial charge in [-0.25, -0.2) is 0 Å². The number of benzene rings is 2. The molecule has 2 aromatic carbocycles. The third-order valence-electron chi connectivity index (χ3n) is 4.64. The maximum absolute atomic E-state index is 5.79. The first kappa shape index (κ1) is 21.2. The van der Waals surface area contributed by atoms with Crippen LogP contribution in [0.15, 0.2) is 77.9 Å². The van der Waals surface area contributed by atoms with Gasteiger partial charge in [0.15, 0.2) is 5.96 Å². The fourth-order valence-corrected chi connectivity index (χ4v) is 2.99. The summed E-state index contributed by atoms with van der Waals surface area (Å²) in [5.74, 6) is 2.52. The molecule has 0 unspecified atom stereocenters. The molecule has 0 radical (unpaired) electrons. The zero-order valence-electron chi connectivity index (χ0n) is 17.7. The van der Waals surface area contributed by atoms with Crippen LogP contribution in [-0.4, -0.2) is 37.0 Å². The van der Waals surface area contributed by atoms with E-state index in [-0.39, 0.29) is 0 Å². The normalized spacial score (nSPS) is 11.1. The van der Waals surface area contributed by atoms with Gasteiger partial charge >= 0.3 is 0 Å². The molecule has 30 heavy (non-hydrogen) atoms. The Hall–Kier alpha value is -3.54. The van der Waals surface area contributed by atoms with Crippen molar-refractivity contribution in [3.05, 3.63) is 89.7 Å². The lowest BCUT2D eigenvalue weighted by atomic mass is 10.2. The van der Waals surface area contributed by atoms with Crippen LogP contribution in [0.3, 0.4) is 0 Å². The summed E-state index contributed by atoms with van der Waals surface area (Å²) in [6, 6.07) is 21.9. The number of nitrogens with one attached hydrogen (secondary N) is 1. The van der Waals surface area contributed by atoms with Gasteiger partial charge < -0.3 is 19.7 Å². The van der Waals surface area contributed by atoms with E-state index in [4.69, 9.17) is 9.47 Å². The van der Waals surface area contributed by atoms with Gasteiger partial charge in [0.2, 0.25) is 0 Å². The average Bonchev–Trinajstić information content (AvgIpc) is 2.80. The molecule has 0 aliphatic carbocycles. The van der Waals surface area contributed by atoms with Gasteiger partial charge in [-0.3, -0.25) is 9.98 Å². The van der Waals surface area contributed by atoms with E-state index in [9.17, 15) is 0 Å². The van der Waals surface area contributed by atoms with Crippen LogP contribution in [0.2, 0.25) is 0 Å². The number of aromatic nitrogens is 1. The van der Waals surface area contributed by atoms with Gasteiger partial charge in [0.25, 0.3) is 0 Å². The molecular formula is C24H28N4O2. The lowest BCUT2D eigenvalue weighted by Gasteiger charge is -2.22. The number of hydrogen-bond acceptors (Lipinski definition) is 4. The topological polar surface area (TPSA) is 59.0 Å². The van der Waals surface area contributed by atoms with Crippen LogP contribution in [0.5, 0.6) is 11.5 Å². The molecule has 0 fully saturated rings. The van der Waals surface area contributed by atoms with Gasteiger partial charge in [0, 0.05) is 33.4 Å². The van der Waals surface area contributed by atoms with Crippen LogP contribution in [0, 0.1) is 0 Å². The molecular weight excluding hydrogens is 376 g/mol. The molecule has 0 saturated carbocycles. The molecule has 0 amide bonds. The highest BCUT2D eigenvalue weighted by atomic mass is 16.5. The molecule has 0 aliphatic rings. The highest BCUT2D eigenvalue weighted by molar-refractivity contribution is 5.79. The summed E-state index contributed by atoms with van der Waals surface area (Å²) >= 11 is 0. The summed E-state index contributed by atoms with van der Waals surface area (Å²) in [6.07, 6.45) is 1.77. The number of guanidine groups is 1. The number of aliphatic imine (C=N–C) groups is 1. The van der Waals surface area contributed by atoms with Crippen molar-refractivity contribution in [1.29, 1.82) is 0 Å². The maximum Gasteiger partial charge on any atom is 0.193 e. The second-order valence-corrected chi connectivity index (χ2v) is 6.86. The van der Waals surface area contributed by atoms with Crippen molar-refractivity contribution in [3.63, 3.8) is 0 Å². The van der Waals surface area contributed by atoms with Gasteiger partial charge in [0.05, 0.1) is 12.8 Å². The SMILES string of the molecule is CN=C(NCc1ccc(OCc2ccccn2)cc1)N(C)Cc1ccc(OC)cc1. The first-order valence-corrected chi connectivity index (χ1v) is 9.84. The van der Waals surface area contributed by atoms with Gasteiger partial charge in [-0.05, 0) is 47.5 Å². The predicted octanol–water partition coefficient (Wildman–Crippen LogP) is 3.88. The summed E-state index contributed by atoms with van der Waals surface area (Å²) in [5.41, 5.74) is 3.25. The fourth-order valence-electron chi connectivity index (χ4n) is 2.99. The molecule has 156 valence electrons. The number of methoxy groups -OCH3 is 1. The highest BCUT2D eigenvalue weighted by Crippen LogP contribution is 2.15. The number of ether oxygens (including phenoxy) is 2. The predicted molar refractivity (Wildman–Crippen MR) is 120 cm³/mol.